The number of hydrogen-bond acceptors (Lipinski definition) is 3. The van der Waals surface area contributed by atoms with Gasteiger partial charge in [-0.3, -0.25) is 0 Å². The van der Waals surface area contributed by atoms with Crippen molar-refractivity contribution >= 4 is 15.9 Å². The van der Waals surface area contributed by atoms with E-state index in [0.29, 0.717) is 13.2 Å². The lowest BCUT2D eigenvalue weighted by Gasteiger charge is -2.34. The summed E-state index contributed by atoms with van der Waals surface area (Å²) in [6, 6.07) is 4.22. The number of hydrogen-bond donors (Lipinski definition) is 0. The fourth-order valence-electron chi connectivity index (χ4n) is 3.56. The van der Waals surface area contributed by atoms with Crippen molar-refractivity contribution in [2.24, 2.45) is 11.8 Å². The van der Waals surface area contributed by atoms with Gasteiger partial charge in [-0.25, -0.2) is 0 Å². The molecule has 4 heteroatoms. The molecule has 0 bridgehead atoms. The normalized spacial score (nSPS) is 22.3. The zero-order chi connectivity index (χ0) is 16.8. The van der Waals surface area contributed by atoms with Crippen LogP contribution >= 0.6 is 15.9 Å². The first kappa shape index (κ1) is 18.8. The van der Waals surface area contributed by atoms with E-state index in [0.717, 1.165) is 40.8 Å². The van der Waals surface area contributed by atoms with Gasteiger partial charge in [-0.15, -0.1) is 0 Å². The van der Waals surface area contributed by atoms with Crippen LogP contribution in [0.2, 0.25) is 0 Å². The van der Waals surface area contributed by atoms with E-state index in [1.165, 1.54) is 25.1 Å². The molecule has 1 fully saturated rings. The van der Waals surface area contributed by atoms with Gasteiger partial charge in [0.1, 0.15) is 12.4 Å². The summed E-state index contributed by atoms with van der Waals surface area (Å²) in [5.74, 6) is 2.55. The first-order chi connectivity index (χ1) is 11.0. The van der Waals surface area contributed by atoms with E-state index >= 15 is 0 Å². The quantitative estimate of drug-likeness (QED) is 0.649. The molecule has 23 heavy (non-hydrogen) atoms. The Balaban J connectivity index is 1.63. The second kappa shape index (κ2) is 9.05. The first-order valence-electron chi connectivity index (χ1n) is 8.65. The third-order valence-electron chi connectivity index (χ3n) is 4.34. The van der Waals surface area contributed by atoms with Crippen LogP contribution in [0.5, 0.6) is 5.75 Å². The van der Waals surface area contributed by atoms with Crippen molar-refractivity contribution < 1.29 is 9.47 Å². The minimum Gasteiger partial charge on any atom is -0.490 e. The SMILES string of the molecule is Cc1cc(C)c(OCCOCCN2C[C@H](C)C[C@@H](C)C2)c(Br)c1. The van der Waals surface area contributed by atoms with E-state index in [1.807, 2.05) is 0 Å². The van der Waals surface area contributed by atoms with Gasteiger partial charge < -0.3 is 14.4 Å². The predicted octanol–water partition coefficient (Wildman–Crippen LogP) is 4.44. The average molecular weight is 384 g/mol. The van der Waals surface area contributed by atoms with Crippen LogP contribution in [0.1, 0.15) is 31.4 Å². The summed E-state index contributed by atoms with van der Waals surface area (Å²) in [6.45, 7) is 14.3. The molecule has 1 aliphatic heterocycles. The Morgan fingerprint density at radius 1 is 1.09 bits per heavy atom. The highest BCUT2D eigenvalue weighted by atomic mass is 79.9. The number of likely N-dealkylation sites (tertiary alicyclic amines) is 1. The molecule has 0 aliphatic carbocycles. The highest BCUT2D eigenvalue weighted by molar-refractivity contribution is 9.10. The molecule has 0 radical (unpaired) electrons. The van der Waals surface area contributed by atoms with Crippen molar-refractivity contribution in [3.63, 3.8) is 0 Å². The highest BCUT2D eigenvalue weighted by Crippen LogP contribution is 2.30. The van der Waals surface area contributed by atoms with Crippen molar-refractivity contribution in [1.82, 2.24) is 4.90 Å². The summed E-state index contributed by atoms with van der Waals surface area (Å²) in [7, 11) is 0. The van der Waals surface area contributed by atoms with E-state index in [4.69, 9.17) is 9.47 Å². The smallest absolute Gasteiger partial charge is 0.136 e. The van der Waals surface area contributed by atoms with Crippen LogP contribution in [-0.2, 0) is 4.74 Å². The minimum absolute atomic E-state index is 0.593. The number of halogens is 1. The van der Waals surface area contributed by atoms with Gasteiger partial charge in [0.2, 0.25) is 0 Å². The Morgan fingerprint density at radius 2 is 1.78 bits per heavy atom. The second-order valence-electron chi connectivity index (χ2n) is 7.06. The first-order valence-corrected chi connectivity index (χ1v) is 9.44. The van der Waals surface area contributed by atoms with Crippen LogP contribution in [-0.4, -0.2) is 44.4 Å². The van der Waals surface area contributed by atoms with Gasteiger partial charge >= 0.3 is 0 Å². The molecule has 1 aromatic carbocycles. The maximum atomic E-state index is 5.86. The Hall–Kier alpha value is -0.580. The Kier molecular flexibility index (Phi) is 7.38. The van der Waals surface area contributed by atoms with E-state index in [1.54, 1.807) is 0 Å². The zero-order valence-corrected chi connectivity index (χ0v) is 16.5. The third kappa shape index (κ3) is 6.09. The number of rotatable bonds is 7. The summed E-state index contributed by atoms with van der Waals surface area (Å²) >= 11 is 3.57. The van der Waals surface area contributed by atoms with E-state index in [2.05, 4.69) is 60.7 Å². The van der Waals surface area contributed by atoms with Crippen molar-refractivity contribution in [2.75, 3.05) is 39.5 Å². The molecule has 1 aromatic rings. The molecule has 3 nitrogen and oxygen atoms in total. The van der Waals surface area contributed by atoms with E-state index < -0.39 is 0 Å². The molecule has 0 N–H and O–H groups in total. The maximum Gasteiger partial charge on any atom is 0.136 e. The third-order valence-corrected chi connectivity index (χ3v) is 4.93. The summed E-state index contributed by atoms with van der Waals surface area (Å²) in [4.78, 5) is 2.53. The summed E-state index contributed by atoms with van der Waals surface area (Å²) < 4.78 is 12.6. The molecule has 0 amide bonds. The standard InChI is InChI=1S/C19H30BrNO2/c1-14-10-17(4)19(18(20)11-14)23-8-7-22-6-5-21-12-15(2)9-16(3)13-21/h10-11,15-16H,5-9,12-13H2,1-4H3/t15-,16-/m1/s1. The Morgan fingerprint density at radius 3 is 2.43 bits per heavy atom. The lowest BCUT2D eigenvalue weighted by atomic mass is 9.92. The van der Waals surface area contributed by atoms with Gasteiger partial charge in [0.15, 0.2) is 0 Å². The number of ether oxygens (including phenoxy) is 2. The van der Waals surface area contributed by atoms with Crippen molar-refractivity contribution in [3.8, 4) is 5.75 Å². The fourth-order valence-corrected chi connectivity index (χ4v) is 4.35. The second-order valence-corrected chi connectivity index (χ2v) is 7.91. The van der Waals surface area contributed by atoms with Gasteiger partial charge in [0, 0.05) is 19.6 Å². The number of nitrogens with zero attached hydrogens (tertiary/aromatic N) is 1. The molecule has 1 aliphatic rings. The number of benzene rings is 1. The van der Waals surface area contributed by atoms with Gasteiger partial charge in [0.25, 0.3) is 0 Å². The van der Waals surface area contributed by atoms with Crippen LogP contribution in [0.3, 0.4) is 0 Å². The Bertz CT molecular complexity index is 473. The topological polar surface area (TPSA) is 21.7 Å². The molecule has 130 valence electrons. The highest BCUT2D eigenvalue weighted by Gasteiger charge is 2.21. The van der Waals surface area contributed by atoms with Crippen molar-refractivity contribution in [3.05, 3.63) is 27.7 Å². The van der Waals surface area contributed by atoms with Gasteiger partial charge in [-0.2, -0.15) is 0 Å². The average Bonchev–Trinajstić information content (AvgIpc) is 2.43. The molecular formula is C19H30BrNO2. The Labute approximate surface area is 149 Å². The van der Waals surface area contributed by atoms with Crippen LogP contribution in [0.25, 0.3) is 0 Å². The number of piperidine rings is 1. The molecular weight excluding hydrogens is 354 g/mol. The van der Waals surface area contributed by atoms with E-state index in [9.17, 15) is 0 Å². The summed E-state index contributed by atoms with van der Waals surface area (Å²) in [5.41, 5.74) is 2.40. The zero-order valence-electron chi connectivity index (χ0n) is 14.9. The molecule has 2 atom stereocenters. The van der Waals surface area contributed by atoms with Crippen molar-refractivity contribution in [1.29, 1.82) is 0 Å². The van der Waals surface area contributed by atoms with Gasteiger partial charge in [-0.1, -0.05) is 19.9 Å². The predicted molar refractivity (Wildman–Crippen MR) is 99.3 cm³/mol. The molecule has 2 rings (SSSR count). The number of aryl methyl sites for hydroxylation is 2. The molecule has 1 heterocycles. The van der Waals surface area contributed by atoms with Crippen LogP contribution < -0.4 is 4.74 Å². The van der Waals surface area contributed by atoms with Crippen LogP contribution in [0.4, 0.5) is 0 Å². The van der Waals surface area contributed by atoms with Crippen molar-refractivity contribution in [2.45, 2.75) is 34.1 Å². The molecule has 0 aromatic heterocycles. The van der Waals surface area contributed by atoms with Crippen LogP contribution in [0.15, 0.2) is 16.6 Å². The summed E-state index contributed by atoms with van der Waals surface area (Å²) in [5, 5.41) is 0. The molecule has 1 saturated heterocycles. The molecule has 0 saturated carbocycles. The van der Waals surface area contributed by atoms with E-state index in [-0.39, 0.29) is 0 Å². The fraction of sp³-hybridized carbons (Fsp3) is 0.684. The summed E-state index contributed by atoms with van der Waals surface area (Å²) in [6.07, 6.45) is 1.36. The van der Waals surface area contributed by atoms with Crippen LogP contribution in [0, 0.1) is 25.7 Å². The molecule has 0 spiro atoms. The van der Waals surface area contributed by atoms with Gasteiger partial charge in [0.05, 0.1) is 17.7 Å². The van der Waals surface area contributed by atoms with Gasteiger partial charge in [-0.05, 0) is 65.2 Å². The minimum atomic E-state index is 0.593. The lowest BCUT2D eigenvalue weighted by Crippen LogP contribution is -2.40. The monoisotopic (exact) mass is 383 g/mol. The largest absolute Gasteiger partial charge is 0.490 e. The maximum absolute atomic E-state index is 5.86. The molecule has 0 unspecified atom stereocenters. The lowest BCUT2D eigenvalue weighted by molar-refractivity contribution is 0.0593.